The Hall–Kier alpha value is -1.32. The number of rotatable bonds is 2. The molecular formula is C9H5BrF6N2O. The van der Waals surface area contributed by atoms with Crippen molar-refractivity contribution < 1.29 is 31.1 Å². The van der Waals surface area contributed by atoms with Crippen molar-refractivity contribution in [1.82, 2.24) is 4.98 Å². The Morgan fingerprint density at radius 1 is 1.21 bits per heavy atom. The van der Waals surface area contributed by atoms with Crippen molar-refractivity contribution in [3.63, 3.8) is 0 Å². The van der Waals surface area contributed by atoms with E-state index in [4.69, 9.17) is 0 Å². The van der Waals surface area contributed by atoms with Gasteiger partial charge in [-0.2, -0.15) is 26.3 Å². The molecule has 1 aromatic heterocycles. The third-order valence-electron chi connectivity index (χ3n) is 1.93. The predicted molar refractivity (Wildman–Crippen MR) is 56.2 cm³/mol. The number of halogens is 7. The molecule has 0 aliphatic carbocycles. The summed E-state index contributed by atoms with van der Waals surface area (Å²) in [5.41, 5.74) is -0.286. The molecule has 0 aliphatic rings. The van der Waals surface area contributed by atoms with Gasteiger partial charge in [-0.05, 0) is 28.1 Å². The van der Waals surface area contributed by atoms with E-state index in [0.29, 0.717) is 0 Å². The molecule has 0 saturated heterocycles. The Bertz CT molecular complexity index is 459. The van der Waals surface area contributed by atoms with Gasteiger partial charge < -0.3 is 5.32 Å². The van der Waals surface area contributed by atoms with Crippen LogP contribution in [0.4, 0.5) is 32.0 Å². The van der Waals surface area contributed by atoms with Gasteiger partial charge in [0.15, 0.2) is 0 Å². The lowest BCUT2D eigenvalue weighted by Gasteiger charge is -2.22. The van der Waals surface area contributed by atoms with Crippen molar-refractivity contribution in [2.24, 2.45) is 5.92 Å². The van der Waals surface area contributed by atoms with Gasteiger partial charge in [0.2, 0.25) is 11.8 Å². The molecular weight excluding hydrogens is 346 g/mol. The van der Waals surface area contributed by atoms with Crippen molar-refractivity contribution in [2.75, 3.05) is 5.32 Å². The van der Waals surface area contributed by atoms with Crippen LogP contribution in [0.15, 0.2) is 22.9 Å². The maximum absolute atomic E-state index is 12.3. The molecule has 1 heterocycles. The molecule has 0 radical (unpaired) electrons. The molecule has 0 unspecified atom stereocenters. The van der Waals surface area contributed by atoms with Gasteiger partial charge in [0, 0.05) is 6.20 Å². The van der Waals surface area contributed by atoms with Crippen LogP contribution in [0.5, 0.6) is 0 Å². The molecule has 0 saturated carbocycles. The molecule has 1 rings (SSSR count). The molecule has 106 valence electrons. The fraction of sp³-hybridized carbons (Fsp3) is 0.333. The number of alkyl halides is 6. The first-order valence-electron chi connectivity index (χ1n) is 4.58. The highest BCUT2D eigenvalue weighted by Gasteiger charge is 2.61. The Balaban J connectivity index is 3.01. The molecule has 0 aliphatic heterocycles. The van der Waals surface area contributed by atoms with E-state index in [-0.39, 0.29) is 10.3 Å². The number of hydrogen-bond donors (Lipinski definition) is 1. The van der Waals surface area contributed by atoms with E-state index in [1.54, 1.807) is 0 Å². The van der Waals surface area contributed by atoms with Crippen molar-refractivity contribution in [1.29, 1.82) is 0 Å². The minimum Gasteiger partial charge on any atom is -0.323 e. The summed E-state index contributed by atoms with van der Waals surface area (Å²) >= 11 is 2.79. The van der Waals surface area contributed by atoms with Crippen LogP contribution in [-0.4, -0.2) is 23.2 Å². The van der Waals surface area contributed by atoms with Crippen molar-refractivity contribution in [2.45, 2.75) is 12.4 Å². The molecule has 1 amide bonds. The molecule has 0 aromatic carbocycles. The molecule has 0 bridgehead atoms. The highest BCUT2D eigenvalue weighted by molar-refractivity contribution is 9.10. The first-order valence-corrected chi connectivity index (χ1v) is 5.37. The highest BCUT2D eigenvalue weighted by Crippen LogP contribution is 2.40. The van der Waals surface area contributed by atoms with Crippen LogP contribution in [0.25, 0.3) is 0 Å². The van der Waals surface area contributed by atoms with E-state index in [9.17, 15) is 31.1 Å². The van der Waals surface area contributed by atoms with Crippen molar-refractivity contribution in [3.8, 4) is 0 Å². The molecule has 19 heavy (non-hydrogen) atoms. The molecule has 10 heteroatoms. The first kappa shape index (κ1) is 15.7. The van der Waals surface area contributed by atoms with Crippen molar-refractivity contribution in [3.05, 3.63) is 22.9 Å². The van der Waals surface area contributed by atoms with E-state index < -0.39 is 24.2 Å². The van der Waals surface area contributed by atoms with Gasteiger partial charge in [-0.3, -0.25) is 4.79 Å². The second kappa shape index (κ2) is 5.35. The van der Waals surface area contributed by atoms with Gasteiger partial charge in [0.1, 0.15) is 4.60 Å². The number of amides is 1. The van der Waals surface area contributed by atoms with Crippen LogP contribution in [0.2, 0.25) is 0 Å². The number of anilines is 1. The third kappa shape index (κ3) is 4.08. The summed E-state index contributed by atoms with van der Waals surface area (Å²) in [6.07, 6.45) is -10.2. The third-order valence-corrected chi connectivity index (χ3v) is 2.57. The van der Waals surface area contributed by atoms with Crippen LogP contribution in [0.1, 0.15) is 0 Å². The molecule has 0 atom stereocenters. The number of hydrogen-bond acceptors (Lipinski definition) is 2. The summed E-state index contributed by atoms with van der Waals surface area (Å²) in [6, 6.07) is 2.36. The summed E-state index contributed by atoms with van der Waals surface area (Å²) in [5, 5.41) is 1.54. The largest absolute Gasteiger partial charge is 0.409 e. The second-order valence-corrected chi connectivity index (χ2v) is 4.10. The van der Waals surface area contributed by atoms with Gasteiger partial charge in [-0.25, -0.2) is 4.98 Å². The topological polar surface area (TPSA) is 42.0 Å². The van der Waals surface area contributed by atoms with E-state index in [1.807, 2.05) is 0 Å². The van der Waals surface area contributed by atoms with Gasteiger partial charge in [0.25, 0.3) is 0 Å². The lowest BCUT2D eigenvalue weighted by atomic mass is 10.1. The maximum Gasteiger partial charge on any atom is 0.409 e. The summed E-state index contributed by atoms with van der Waals surface area (Å²) in [7, 11) is 0. The minimum atomic E-state index is -5.73. The van der Waals surface area contributed by atoms with E-state index >= 15 is 0 Å². The number of carbonyl (C=O) groups is 1. The van der Waals surface area contributed by atoms with Gasteiger partial charge in [-0.1, -0.05) is 0 Å². The minimum absolute atomic E-state index is 0.0774. The molecule has 3 nitrogen and oxygen atoms in total. The Morgan fingerprint density at radius 2 is 1.74 bits per heavy atom. The second-order valence-electron chi connectivity index (χ2n) is 3.35. The number of pyridine rings is 1. The zero-order valence-electron chi connectivity index (χ0n) is 8.81. The maximum atomic E-state index is 12.3. The summed E-state index contributed by atoms with van der Waals surface area (Å²) in [6.45, 7) is 0. The Labute approximate surface area is 111 Å². The van der Waals surface area contributed by atoms with Crippen LogP contribution >= 0.6 is 15.9 Å². The zero-order chi connectivity index (χ0) is 14.8. The van der Waals surface area contributed by atoms with Crippen LogP contribution < -0.4 is 5.32 Å². The first-order chi connectivity index (χ1) is 8.53. The standard InChI is InChI=1S/C9H5BrF6N2O/c10-6-4(2-1-3-17-6)18-7(19)5(8(11,12)13)9(14,15)16/h1-3,5H,(H,18,19). The average Bonchev–Trinajstić information content (AvgIpc) is 2.16. The van der Waals surface area contributed by atoms with Gasteiger partial charge in [-0.15, -0.1) is 0 Å². The molecule has 1 aromatic rings. The number of carbonyl (C=O) groups excluding carboxylic acids is 1. The zero-order valence-corrected chi connectivity index (χ0v) is 10.4. The molecule has 1 N–H and O–H groups in total. The fourth-order valence-corrected chi connectivity index (χ4v) is 1.52. The van der Waals surface area contributed by atoms with Crippen LogP contribution in [0.3, 0.4) is 0 Å². The Kier molecular flexibility index (Phi) is 4.43. The van der Waals surface area contributed by atoms with Gasteiger partial charge in [0.05, 0.1) is 5.69 Å². The predicted octanol–water partition coefficient (Wildman–Crippen LogP) is 3.52. The van der Waals surface area contributed by atoms with Gasteiger partial charge >= 0.3 is 12.4 Å². The van der Waals surface area contributed by atoms with E-state index in [1.165, 1.54) is 17.6 Å². The highest BCUT2D eigenvalue weighted by atomic mass is 79.9. The van der Waals surface area contributed by atoms with Crippen molar-refractivity contribution >= 4 is 27.5 Å². The monoisotopic (exact) mass is 350 g/mol. The fourth-order valence-electron chi connectivity index (χ4n) is 1.17. The van der Waals surface area contributed by atoms with Crippen LogP contribution in [0, 0.1) is 5.92 Å². The van der Waals surface area contributed by atoms with Crippen LogP contribution in [-0.2, 0) is 4.79 Å². The Morgan fingerprint density at radius 3 is 2.16 bits per heavy atom. The number of aromatic nitrogens is 1. The molecule has 0 spiro atoms. The number of nitrogens with zero attached hydrogens (tertiary/aromatic N) is 1. The van der Waals surface area contributed by atoms with E-state index in [2.05, 4.69) is 20.9 Å². The quantitative estimate of drug-likeness (QED) is 0.655. The average molecular weight is 351 g/mol. The summed E-state index contributed by atoms with van der Waals surface area (Å²) in [5.74, 6) is -6.30. The normalized spacial score (nSPS) is 12.6. The smallest absolute Gasteiger partial charge is 0.323 e. The summed E-state index contributed by atoms with van der Waals surface area (Å²) in [4.78, 5) is 14.7. The molecule has 0 fully saturated rings. The number of nitrogens with one attached hydrogen (secondary N) is 1. The lowest BCUT2D eigenvalue weighted by Crippen LogP contribution is -2.45. The SMILES string of the molecule is O=C(Nc1cccnc1Br)C(C(F)(F)F)C(F)(F)F. The lowest BCUT2D eigenvalue weighted by molar-refractivity contribution is -0.272. The summed E-state index contributed by atoms with van der Waals surface area (Å²) < 4.78 is 73.5. The van der Waals surface area contributed by atoms with E-state index in [0.717, 1.165) is 6.07 Å².